The van der Waals surface area contributed by atoms with Gasteiger partial charge in [0.25, 0.3) is 0 Å². The molecule has 3 aromatic carbocycles. The van der Waals surface area contributed by atoms with Crippen molar-refractivity contribution in [1.29, 1.82) is 0 Å². The van der Waals surface area contributed by atoms with E-state index < -0.39 is 21.5 Å². The fourth-order valence-electron chi connectivity index (χ4n) is 5.55. The Labute approximate surface area is 234 Å². The molecular weight excluding hydrogens is 538 g/mol. The predicted octanol–water partition coefficient (Wildman–Crippen LogP) is 6.85. The quantitative estimate of drug-likeness (QED) is 0.267. The average Bonchev–Trinajstić information content (AvgIpc) is 3.68. The number of hydrogen-bond acceptors (Lipinski definition) is 4. The van der Waals surface area contributed by atoms with Crippen LogP contribution < -0.4 is 0 Å². The summed E-state index contributed by atoms with van der Waals surface area (Å²) in [5.41, 5.74) is 4.08. The van der Waals surface area contributed by atoms with Crippen molar-refractivity contribution in [1.82, 2.24) is 9.80 Å². The molecule has 1 heterocycles. The van der Waals surface area contributed by atoms with Gasteiger partial charge in [-0.25, -0.2) is 17.2 Å². The normalized spacial score (nSPS) is 16.8. The van der Waals surface area contributed by atoms with Crippen molar-refractivity contribution in [3.05, 3.63) is 111 Å². The van der Waals surface area contributed by atoms with E-state index in [1.807, 2.05) is 24.3 Å². The summed E-state index contributed by atoms with van der Waals surface area (Å²) in [6.07, 6.45) is 4.77. The van der Waals surface area contributed by atoms with Gasteiger partial charge in [0.2, 0.25) is 0 Å². The third-order valence-corrected chi connectivity index (χ3v) is 8.93. The predicted molar refractivity (Wildman–Crippen MR) is 153 cm³/mol. The van der Waals surface area contributed by atoms with E-state index in [1.54, 1.807) is 0 Å². The zero-order chi connectivity index (χ0) is 27.7. The second kappa shape index (κ2) is 11.5. The molecule has 1 aliphatic heterocycles. The molecule has 2 fully saturated rings. The standard InChI is InChI=1S/C31H33ClF2N2O2S/c1-3-14-35(29-12-13-29)18-21-4-6-22(7-5-21)30(23-8-10-26(32)11-9-23)36-19-25(20-36)31(39(2,37)38)24-15-27(33)17-28(34)16-24/h4-11,15-17,29-30H,3,12-14,18-20H2,1-2H3/t30-/m0/s1. The number of nitrogens with zero attached hydrogens (tertiary/aromatic N) is 2. The van der Waals surface area contributed by atoms with Crippen molar-refractivity contribution in [2.24, 2.45) is 0 Å². The molecule has 39 heavy (non-hydrogen) atoms. The number of benzene rings is 3. The summed E-state index contributed by atoms with van der Waals surface area (Å²) in [5, 5.41) is 0.639. The number of sulfone groups is 1. The molecule has 2 aliphatic rings. The van der Waals surface area contributed by atoms with Crippen LogP contribution in [0.5, 0.6) is 0 Å². The van der Waals surface area contributed by atoms with Crippen LogP contribution in [0.1, 0.15) is 54.5 Å². The van der Waals surface area contributed by atoms with Gasteiger partial charge in [-0.3, -0.25) is 9.80 Å². The Balaban J connectivity index is 1.44. The highest BCUT2D eigenvalue weighted by Gasteiger charge is 2.35. The minimum atomic E-state index is -3.72. The zero-order valence-electron chi connectivity index (χ0n) is 22.2. The van der Waals surface area contributed by atoms with E-state index in [9.17, 15) is 17.2 Å². The van der Waals surface area contributed by atoms with Crippen LogP contribution in [-0.2, 0) is 16.4 Å². The Kier molecular flexibility index (Phi) is 8.24. The van der Waals surface area contributed by atoms with Gasteiger partial charge in [-0.15, -0.1) is 0 Å². The molecule has 0 bridgehead atoms. The molecule has 0 aromatic heterocycles. The van der Waals surface area contributed by atoms with Crippen molar-refractivity contribution in [2.45, 2.75) is 44.8 Å². The van der Waals surface area contributed by atoms with Gasteiger partial charge in [-0.05, 0) is 77.9 Å². The fraction of sp³-hybridized carbons (Fsp3) is 0.355. The lowest BCUT2D eigenvalue weighted by atomic mass is 9.91. The van der Waals surface area contributed by atoms with Gasteiger partial charge in [-0.2, -0.15) is 0 Å². The first-order valence-electron chi connectivity index (χ1n) is 13.3. The topological polar surface area (TPSA) is 40.6 Å². The van der Waals surface area contributed by atoms with Gasteiger partial charge in [0, 0.05) is 43.0 Å². The third-order valence-electron chi connectivity index (χ3n) is 7.41. The maximum Gasteiger partial charge on any atom is 0.176 e. The number of likely N-dealkylation sites (tertiary alicyclic amines) is 1. The van der Waals surface area contributed by atoms with Gasteiger partial charge in [0.1, 0.15) is 11.6 Å². The molecule has 5 rings (SSSR count). The summed E-state index contributed by atoms with van der Waals surface area (Å²) in [6.45, 7) is 4.97. The minimum Gasteiger partial charge on any atom is -0.296 e. The molecule has 0 radical (unpaired) electrons. The molecule has 3 aromatic rings. The number of rotatable bonds is 10. The number of halogens is 3. The Morgan fingerprint density at radius 2 is 1.54 bits per heavy atom. The molecule has 1 aliphatic carbocycles. The van der Waals surface area contributed by atoms with Crippen LogP contribution in [0, 0.1) is 11.6 Å². The first-order valence-corrected chi connectivity index (χ1v) is 15.6. The van der Waals surface area contributed by atoms with Crippen LogP contribution in [0.4, 0.5) is 8.78 Å². The first kappa shape index (κ1) is 28.0. The van der Waals surface area contributed by atoms with Crippen LogP contribution in [0.2, 0.25) is 5.02 Å². The van der Waals surface area contributed by atoms with Gasteiger partial charge in [0.05, 0.1) is 10.9 Å². The molecule has 1 atom stereocenters. The first-order chi connectivity index (χ1) is 18.6. The Hall–Kier alpha value is -2.58. The minimum absolute atomic E-state index is 0.00144. The molecule has 0 unspecified atom stereocenters. The van der Waals surface area contributed by atoms with Crippen molar-refractivity contribution in [3.8, 4) is 0 Å². The maximum atomic E-state index is 14.0. The molecule has 0 amide bonds. The summed E-state index contributed by atoms with van der Waals surface area (Å²) in [4.78, 5) is 4.72. The summed E-state index contributed by atoms with van der Waals surface area (Å²) >= 11 is 6.17. The summed E-state index contributed by atoms with van der Waals surface area (Å²) in [5.74, 6) is -1.61. The van der Waals surface area contributed by atoms with Crippen molar-refractivity contribution in [3.63, 3.8) is 0 Å². The van der Waals surface area contributed by atoms with Crippen molar-refractivity contribution >= 4 is 26.3 Å². The highest BCUT2D eigenvalue weighted by molar-refractivity contribution is 8.00. The van der Waals surface area contributed by atoms with E-state index in [0.717, 1.165) is 55.1 Å². The largest absolute Gasteiger partial charge is 0.296 e. The van der Waals surface area contributed by atoms with Gasteiger partial charge >= 0.3 is 0 Å². The average molecular weight is 571 g/mol. The smallest absolute Gasteiger partial charge is 0.176 e. The monoisotopic (exact) mass is 570 g/mol. The summed E-state index contributed by atoms with van der Waals surface area (Å²) < 4.78 is 53.4. The van der Waals surface area contributed by atoms with E-state index in [2.05, 4.69) is 41.0 Å². The van der Waals surface area contributed by atoms with E-state index in [0.29, 0.717) is 29.7 Å². The lowest BCUT2D eigenvalue weighted by molar-refractivity contribution is 0.203. The van der Waals surface area contributed by atoms with Crippen LogP contribution in [0.15, 0.2) is 72.3 Å². The third kappa shape index (κ3) is 6.60. The zero-order valence-corrected chi connectivity index (χ0v) is 23.8. The van der Waals surface area contributed by atoms with E-state index >= 15 is 0 Å². The second-order valence-corrected chi connectivity index (χ2v) is 13.1. The number of hydrogen-bond donors (Lipinski definition) is 0. The molecule has 4 nitrogen and oxygen atoms in total. The van der Waals surface area contributed by atoms with Crippen molar-refractivity contribution < 1.29 is 17.2 Å². The maximum absolute atomic E-state index is 14.0. The molecule has 8 heteroatoms. The second-order valence-electron chi connectivity index (χ2n) is 10.7. The lowest BCUT2D eigenvalue weighted by Crippen LogP contribution is -2.44. The van der Waals surface area contributed by atoms with Gasteiger partial charge in [0.15, 0.2) is 9.84 Å². The Morgan fingerprint density at radius 1 is 0.974 bits per heavy atom. The van der Waals surface area contributed by atoms with E-state index in [-0.39, 0.29) is 16.5 Å². The molecule has 1 saturated carbocycles. The Bertz CT molecular complexity index is 1440. The molecule has 206 valence electrons. The highest BCUT2D eigenvalue weighted by atomic mass is 35.5. The van der Waals surface area contributed by atoms with Crippen LogP contribution in [0.25, 0.3) is 4.91 Å². The van der Waals surface area contributed by atoms with Crippen LogP contribution in [0.3, 0.4) is 0 Å². The molecule has 0 N–H and O–H groups in total. The van der Waals surface area contributed by atoms with Gasteiger partial charge < -0.3 is 0 Å². The van der Waals surface area contributed by atoms with Crippen LogP contribution >= 0.6 is 11.6 Å². The highest BCUT2D eigenvalue weighted by Crippen LogP contribution is 2.39. The fourth-order valence-corrected chi connectivity index (χ4v) is 6.88. The lowest BCUT2D eigenvalue weighted by Gasteiger charge is -2.42. The molecule has 0 spiro atoms. The molecular formula is C31H33ClF2N2O2S. The van der Waals surface area contributed by atoms with Crippen LogP contribution in [-0.4, -0.2) is 50.1 Å². The molecule has 1 saturated heterocycles. The van der Waals surface area contributed by atoms with Crippen molar-refractivity contribution in [2.75, 3.05) is 25.9 Å². The summed E-state index contributed by atoms with van der Waals surface area (Å²) in [7, 11) is -3.72. The van der Waals surface area contributed by atoms with Gasteiger partial charge in [-0.1, -0.05) is 54.9 Å². The van der Waals surface area contributed by atoms with E-state index in [4.69, 9.17) is 11.6 Å². The summed E-state index contributed by atoms with van der Waals surface area (Å²) in [6, 6.07) is 19.8. The SMILES string of the molecule is CCCN(Cc1ccc([C@@H](c2ccc(Cl)cc2)N2CC(=C(c3cc(F)cc(F)c3)S(C)(=O)=O)C2)cc1)C1CC1. The Morgan fingerprint density at radius 3 is 2.05 bits per heavy atom. The van der Waals surface area contributed by atoms with E-state index in [1.165, 1.54) is 18.4 Å².